The highest BCUT2D eigenvalue weighted by atomic mass is 32.2. The van der Waals surface area contributed by atoms with Crippen molar-refractivity contribution in [3.8, 4) is 0 Å². The van der Waals surface area contributed by atoms with E-state index >= 15 is 4.57 Å². The van der Waals surface area contributed by atoms with Crippen LogP contribution < -0.4 is 10.6 Å². The highest BCUT2D eigenvalue weighted by molar-refractivity contribution is 7.99. The van der Waals surface area contributed by atoms with Crippen molar-refractivity contribution >= 4 is 35.3 Å². The van der Waals surface area contributed by atoms with Crippen LogP contribution >= 0.6 is 18.9 Å². The van der Waals surface area contributed by atoms with Crippen LogP contribution in [0.4, 0.5) is 0 Å². The van der Waals surface area contributed by atoms with Gasteiger partial charge in [0, 0.05) is 32.8 Å². The van der Waals surface area contributed by atoms with Gasteiger partial charge in [0.05, 0.1) is 5.25 Å². The van der Waals surface area contributed by atoms with Crippen LogP contribution in [0.3, 0.4) is 0 Å². The molecule has 0 unspecified atom stereocenters. The first-order chi connectivity index (χ1) is 19.2. The lowest BCUT2D eigenvalue weighted by Gasteiger charge is -2.25. The van der Waals surface area contributed by atoms with Gasteiger partial charge in [0.1, 0.15) is 11.9 Å². The fourth-order valence-electron chi connectivity index (χ4n) is 5.19. The maximum Gasteiger partial charge on any atom is 0.170 e. The largest absolute Gasteiger partial charge is 0.487 e. The minimum Gasteiger partial charge on any atom is -0.487 e. The Bertz CT molecular complexity index is 1540. The maximum absolute atomic E-state index is 15.5. The third-order valence-corrected chi connectivity index (χ3v) is 11.6. The van der Waals surface area contributed by atoms with Crippen LogP contribution in [-0.2, 0) is 9.30 Å². The second-order valence-corrected chi connectivity index (χ2v) is 13.6. The van der Waals surface area contributed by atoms with Crippen molar-refractivity contribution in [2.24, 2.45) is 0 Å². The molecule has 2 nitrogen and oxygen atoms in total. The Kier molecular flexibility index (Phi) is 7.54. The zero-order valence-corrected chi connectivity index (χ0v) is 23.2. The molecule has 1 aliphatic rings. The lowest BCUT2D eigenvalue weighted by Crippen LogP contribution is -2.19. The highest BCUT2D eigenvalue weighted by Crippen LogP contribution is 2.61. The minimum atomic E-state index is -3.20. The zero-order valence-electron chi connectivity index (χ0n) is 21.5. The number of ether oxygens (including phenoxy) is 1. The summed E-state index contributed by atoms with van der Waals surface area (Å²) in [5.41, 5.74) is 2.15. The summed E-state index contributed by atoms with van der Waals surface area (Å²) in [7, 11) is -3.20. The fourth-order valence-corrected chi connectivity index (χ4v) is 9.41. The molecule has 5 aromatic rings. The van der Waals surface area contributed by atoms with E-state index in [4.69, 9.17) is 4.74 Å². The van der Waals surface area contributed by atoms with E-state index in [9.17, 15) is 0 Å². The Hall–Kier alpha value is -3.78. The number of hydrogen-bond acceptors (Lipinski definition) is 3. The van der Waals surface area contributed by atoms with Gasteiger partial charge in [-0.05, 0) is 17.7 Å². The molecule has 0 saturated carbocycles. The zero-order chi connectivity index (χ0) is 26.5. The van der Waals surface area contributed by atoms with Gasteiger partial charge in [-0.3, -0.25) is 0 Å². The average Bonchev–Trinajstić information content (AvgIpc) is 3.47. The van der Waals surface area contributed by atoms with Crippen molar-refractivity contribution in [2.75, 3.05) is 0 Å². The van der Waals surface area contributed by atoms with E-state index in [-0.39, 0.29) is 11.4 Å². The molecule has 0 spiro atoms. The van der Waals surface area contributed by atoms with Gasteiger partial charge < -0.3 is 9.30 Å². The Morgan fingerprint density at radius 3 is 1.62 bits per heavy atom. The second-order valence-electron chi connectivity index (χ2n) is 9.54. The van der Waals surface area contributed by atoms with Crippen molar-refractivity contribution in [1.82, 2.24) is 0 Å². The van der Waals surface area contributed by atoms with Crippen LogP contribution in [0.25, 0.3) is 5.76 Å². The SMILES string of the molecule is O=P(C1=C(c2ccccc2)O[C@@H]([C@@H](Sc2ccccc2)c2ccccc2)C1)(c1ccccc1)c1ccccc1. The van der Waals surface area contributed by atoms with Gasteiger partial charge in [0.2, 0.25) is 0 Å². The van der Waals surface area contributed by atoms with Crippen LogP contribution in [-0.4, -0.2) is 6.10 Å². The fraction of sp³-hybridized carbons (Fsp3) is 0.0857. The molecule has 5 aromatic carbocycles. The summed E-state index contributed by atoms with van der Waals surface area (Å²) in [5, 5.41) is 2.56. The predicted molar refractivity (Wildman–Crippen MR) is 164 cm³/mol. The van der Waals surface area contributed by atoms with Crippen molar-refractivity contribution < 1.29 is 9.30 Å². The van der Waals surface area contributed by atoms with Crippen molar-refractivity contribution in [1.29, 1.82) is 0 Å². The molecule has 4 heteroatoms. The summed E-state index contributed by atoms with van der Waals surface area (Å²) in [4.78, 5) is 1.18. The van der Waals surface area contributed by atoms with Crippen molar-refractivity contribution in [2.45, 2.75) is 22.7 Å². The smallest absolute Gasteiger partial charge is 0.170 e. The van der Waals surface area contributed by atoms with E-state index in [1.807, 2.05) is 91.0 Å². The Morgan fingerprint density at radius 1 is 0.615 bits per heavy atom. The number of hydrogen-bond donors (Lipinski definition) is 0. The Morgan fingerprint density at radius 2 is 1.08 bits per heavy atom. The third kappa shape index (κ3) is 5.26. The van der Waals surface area contributed by atoms with E-state index in [2.05, 4.69) is 60.7 Å². The highest BCUT2D eigenvalue weighted by Gasteiger charge is 2.43. The normalized spacial score (nSPS) is 16.1. The lowest BCUT2D eigenvalue weighted by molar-refractivity contribution is 0.187. The molecule has 1 aliphatic heterocycles. The molecule has 0 radical (unpaired) electrons. The number of benzene rings is 5. The molecule has 6 rings (SSSR count). The first-order valence-electron chi connectivity index (χ1n) is 13.2. The van der Waals surface area contributed by atoms with E-state index in [1.165, 1.54) is 10.5 Å². The predicted octanol–water partition coefficient (Wildman–Crippen LogP) is 8.69. The molecule has 2 atom stereocenters. The van der Waals surface area contributed by atoms with Gasteiger partial charge in [-0.25, -0.2) is 0 Å². The summed E-state index contributed by atoms with van der Waals surface area (Å²) >= 11 is 1.80. The molecular formula is C35H29O2PS. The Labute approximate surface area is 234 Å². The standard InChI is InChI=1S/C35H29O2PS/c36-38(29-20-10-3-11-21-29,30-22-12-4-13-23-30)33-26-32(37-34(33)27-16-6-1-7-17-27)35(28-18-8-2-9-19-28)39-31-24-14-5-15-25-31/h1-25,32,35H,26H2/t32-,35+/m1/s1. The summed E-state index contributed by atoms with van der Waals surface area (Å²) < 4.78 is 22.4. The van der Waals surface area contributed by atoms with Crippen LogP contribution in [0.15, 0.2) is 162 Å². The van der Waals surface area contributed by atoms with Gasteiger partial charge in [-0.15, -0.1) is 11.8 Å². The molecule has 192 valence electrons. The third-order valence-electron chi connectivity index (χ3n) is 7.05. The quantitative estimate of drug-likeness (QED) is 0.144. The van der Waals surface area contributed by atoms with Crippen molar-refractivity contribution in [3.05, 3.63) is 168 Å². The summed E-state index contributed by atoms with van der Waals surface area (Å²) in [6.45, 7) is 0. The van der Waals surface area contributed by atoms with Crippen LogP contribution in [0, 0.1) is 0 Å². The van der Waals surface area contributed by atoms with E-state index < -0.39 is 7.14 Å². The van der Waals surface area contributed by atoms with Gasteiger partial charge in [-0.2, -0.15) is 0 Å². The second kappa shape index (κ2) is 11.5. The summed E-state index contributed by atoms with van der Waals surface area (Å²) in [6.07, 6.45) is 0.383. The number of thioether (sulfide) groups is 1. The van der Waals surface area contributed by atoms with Gasteiger partial charge in [0.25, 0.3) is 0 Å². The molecule has 0 aromatic heterocycles. The van der Waals surface area contributed by atoms with E-state index in [1.54, 1.807) is 11.8 Å². The molecule has 1 heterocycles. The van der Waals surface area contributed by atoms with Crippen LogP contribution in [0.2, 0.25) is 0 Å². The summed E-state index contributed by atoms with van der Waals surface area (Å²) in [5.74, 6) is 0.742. The first-order valence-corrected chi connectivity index (χ1v) is 15.8. The monoisotopic (exact) mass is 544 g/mol. The topological polar surface area (TPSA) is 26.3 Å². The molecule has 0 saturated heterocycles. The molecule has 0 fully saturated rings. The van der Waals surface area contributed by atoms with Gasteiger partial charge in [-0.1, -0.05) is 140 Å². The van der Waals surface area contributed by atoms with E-state index in [0.717, 1.165) is 27.2 Å². The van der Waals surface area contributed by atoms with Crippen molar-refractivity contribution in [3.63, 3.8) is 0 Å². The summed E-state index contributed by atoms with van der Waals surface area (Å²) in [6, 6.07) is 50.9. The lowest BCUT2D eigenvalue weighted by atomic mass is 10.1. The molecule has 0 N–H and O–H groups in total. The molecule has 0 amide bonds. The number of rotatable bonds is 8. The maximum atomic E-state index is 15.5. The average molecular weight is 545 g/mol. The first kappa shape index (κ1) is 25.5. The van der Waals surface area contributed by atoms with Crippen LogP contribution in [0.5, 0.6) is 0 Å². The van der Waals surface area contributed by atoms with Gasteiger partial charge in [0.15, 0.2) is 7.14 Å². The molecular weight excluding hydrogens is 515 g/mol. The minimum absolute atomic E-state index is 0.0183. The molecule has 0 aliphatic carbocycles. The molecule has 39 heavy (non-hydrogen) atoms. The van der Waals surface area contributed by atoms with Gasteiger partial charge >= 0.3 is 0 Å². The van der Waals surface area contributed by atoms with Crippen LogP contribution in [0.1, 0.15) is 22.8 Å². The van der Waals surface area contributed by atoms with E-state index in [0.29, 0.717) is 6.42 Å². The molecule has 0 bridgehead atoms. The Balaban J connectivity index is 1.50.